The summed E-state index contributed by atoms with van der Waals surface area (Å²) in [6.45, 7) is 3.69. The Morgan fingerprint density at radius 2 is 1.64 bits per heavy atom. The second kappa shape index (κ2) is 8.44. The van der Waals surface area contributed by atoms with Crippen molar-refractivity contribution >= 4 is 23.2 Å². The van der Waals surface area contributed by atoms with Gasteiger partial charge in [-0.15, -0.1) is 0 Å². The molecule has 0 saturated carbocycles. The summed E-state index contributed by atoms with van der Waals surface area (Å²) in [5.74, 6) is -0.0849. The van der Waals surface area contributed by atoms with Crippen molar-refractivity contribution in [2.75, 3.05) is 43.0 Å². The molecule has 2 fully saturated rings. The van der Waals surface area contributed by atoms with Crippen molar-refractivity contribution in [3.8, 4) is 0 Å². The Kier molecular flexibility index (Phi) is 5.58. The van der Waals surface area contributed by atoms with Gasteiger partial charge >= 0.3 is 0 Å². The summed E-state index contributed by atoms with van der Waals surface area (Å²) in [5, 5.41) is 2.86. The molecule has 2 saturated heterocycles. The highest BCUT2D eigenvalue weighted by atomic mass is 16.5. The van der Waals surface area contributed by atoms with E-state index in [1.165, 1.54) is 5.69 Å². The van der Waals surface area contributed by atoms with E-state index in [1.54, 1.807) is 24.3 Å². The number of hydrogen-bond donors (Lipinski definition) is 1. The van der Waals surface area contributed by atoms with Gasteiger partial charge in [0.15, 0.2) is 0 Å². The van der Waals surface area contributed by atoms with Gasteiger partial charge in [-0.2, -0.15) is 0 Å². The fraction of sp³-hybridized carbons (Fsp3) is 0.364. The lowest BCUT2D eigenvalue weighted by Gasteiger charge is -2.36. The third-order valence-corrected chi connectivity index (χ3v) is 5.31. The van der Waals surface area contributed by atoms with Crippen LogP contribution in [-0.2, 0) is 9.53 Å². The SMILES string of the molecule is O=C(Nc1ccc(C(=O)N2CCN(c3ccccc3)CC2)cc1)C1CCCO1. The number of anilines is 2. The normalized spacial score (nSPS) is 19.5. The van der Waals surface area contributed by atoms with Crippen LogP contribution in [0.1, 0.15) is 23.2 Å². The van der Waals surface area contributed by atoms with E-state index < -0.39 is 0 Å². The van der Waals surface area contributed by atoms with Gasteiger partial charge in [-0.1, -0.05) is 18.2 Å². The molecule has 28 heavy (non-hydrogen) atoms. The molecule has 2 aliphatic rings. The van der Waals surface area contributed by atoms with Crippen LogP contribution in [0.5, 0.6) is 0 Å². The molecule has 1 N–H and O–H groups in total. The van der Waals surface area contributed by atoms with Crippen LogP contribution >= 0.6 is 0 Å². The molecule has 6 heteroatoms. The Labute approximate surface area is 165 Å². The number of nitrogens with zero attached hydrogens (tertiary/aromatic N) is 2. The number of para-hydroxylation sites is 1. The van der Waals surface area contributed by atoms with Crippen molar-refractivity contribution in [3.63, 3.8) is 0 Å². The molecule has 2 heterocycles. The third kappa shape index (κ3) is 4.17. The van der Waals surface area contributed by atoms with Crippen molar-refractivity contribution in [2.24, 2.45) is 0 Å². The monoisotopic (exact) mass is 379 g/mol. The van der Waals surface area contributed by atoms with Crippen LogP contribution in [0.2, 0.25) is 0 Å². The Balaban J connectivity index is 1.32. The van der Waals surface area contributed by atoms with Crippen LogP contribution in [0.25, 0.3) is 0 Å². The van der Waals surface area contributed by atoms with Crippen molar-refractivity contribution in [3.05, 3.63) is 60.2 Å². The zero-order valence-electron chi connectivity index (χ0n) is 15.8. The Morgan fingerprint density at radius 1 is 0.929 bits per heavy atom. The van der Waals surface area contributed by atoms with E-state index in [4.69, 9.17) is 4.74 Å². The zero-order chi connectivity index (χ0) is 19.3. The molecular formula is C22H25N3O3. The van der Waals surface area contributed by atoms with E-state index in [0.29, 0.717) is 30.9 Å². The summed E-state index contributed by atoms with van der Waals surface area (Å²) in [7, 11) is 0. The van der Waals surface area contributed by atoms with Crippen molar-refractivity contribution < 1.29 is 14.3 Å². The Hall–Kier alpha value is -2.86. The van der Waals surface area contributed by atoms with Gasteiger partial charge in [0.25, 0.3) is 11.8 Å². The second-order valence-electron chi connectivity index (χ2n) is 7.18. The van der Waals surface area contributed by atoms with Gasteiger partial charge in [-0.05, 0) is 49.2 Å². The molecule has 0 spiro atoms. The van der Waals surface area contributed by atoms with Crippen molar-refractivity contribution in [1.82, 2.24) is 4.90 Å². The maximum atomic E-state index is 12.8. The first kappa shape index (κ1) is 18.5. The quantitative estimate of drug-likeness (QED) is 0.887. The number of nitrogens with one attached hydrogen (secondary N) is 1. The predicted octanol–water partition coefficient (Wildman–Crippen LogP) is 2.77. The van der Waals surface area contributed by atoms with Crippen LogP contribution in [0, 0.1) is 0 Å². The van der Waals surface area contributed by atoms with Gasteiger partial charge in [0.2, 0.25) is 0 Å². The molecule has 1 unspecified atom stereocenters. The molecule has 0 radical (unpaired) electrons. The molecule has 0 bridgehead atoms. The highest BCUT2D eigenvalue weighted by Crippen LogP contribution is 2.19. The van der Waals surface area contributed by atoms with E-state index in [-0.39, 0.29) is 17.9 Å². The van der Waals surface area contributed by atoms with Gasteiger partial charge in [-0.3, -0.25) is 9.59 Å². The number of carbonyl (C=O) groups is 2. The fourth-order valence-electron chi connectivity index (χ4n) is 3.69. The number of piperazine rings is 1. The second-order valence-corrected chi connectivity index (χ2v) is 7.18. The van der Waals surface area contributed by atoms with E-state index >= 15 is 0 Å². The van der Waals surface area contributed by atoms with Gasteiger partial charge in [-0.25, -0.2) is 0 Å². The van der Waals surface area contributed by atoms with Gasteiger partial charge in [0, 0.05) is 49.7 Å². The van der Waals surface area contributed by atoms with E-state index in [1.807, 2.05) is 23.1 Å². The maximum Gasteiger partial charge on any atom is 0.253 e. The number of ether oxygens (including phenoxy) is 1. The minimum absolute atomic E-state index is 0.0321. The summed E-state index contributed by atoms with van der Waals surface area (Å²) in [6.07, 6.45) is 1.32. The van der Waals surface area contributed by atoms with Crippen LogP contribution in [-0.4, -0.2) is 55.6 Å². The lowest BCUT2D eigenvalue weighted by atomic mass is 10.1. The first-order valence-electron chi connectivity index (χ1n) is 9.82. The van der Waals surface area contributed by atoms with Crippen LogP contribution < -0.4 is 10.2 Å². The van der Waals surface area contributed by atoms with Crippen LogP contribution in [0.15, 0.2) is 54.6 Å². The largest absolute Gasteiger partial charge is 0.368 e. The summed E-state index contributed by atoms with van der Waals surface area (Å²) < 4.78 is 5.39. The lowest BCUT2D eigenvalue weighted by molar-refractivity contribution is -0.124. The number of benzene rings is 2. The summed E-state index contributed by atoms with van der Waals surface area (Å²) in [4.78, 5) is 29.1. The molecule has 146 valence electrons. The van der Waals surface area contributed by atoms with Crippen LogP contribution in [0.4, 0.5) is 11.4 Å². The van der Waals surface area contributed by atoms with E-state index in [2.05, 4.69) is 22.3 Å². The number of hydrogen-bond acceptors (Lipinski definition) is 4. The Morgan fingerprint density at radius 3 is 2.29 bits per heavy atom. The first-order chi connectivity index (χ1) is 13.7. The zero-order valence-corrected chi connectivity index (χ0v) is 15.8. The molecule has 6 nitrogen and oxygen atoms in total. The molecule has 0 aromatic heterocycles. The predicted molar refractivity (Wildman–Crippen MR) is 109 cm³/mol. The minimum Gasteiger partial charge on any atom is -0.368 e. The highest BCUT2D eigenvalue weighted by molar-refractivity contribution is 5.97. The molecule has 0 aliphatic carbocycles. The smallest absolute Gasteiger partial charge is 0.253 e. The number of amides is 2. The number of rotatable bonds is 4. The highest BCUT2D eigenvalue weighted by Gasteiger charge is 2.24. The topological polar surface area (TPSA) is 61.9 Å². The van der Waals surface area contributed by atoms with Gasteiger partial charge < -0.3 is 19.9 Å². The average molecular weight is 379 g/mol. The van der Waals surface area contributed by atoms with E-state index in [9.17, 15) is 9.59 Å². The van der Waals surface area contributed by atoms with Crippen molar-refractivity contribution in [1.29, 1.82) is 0 Å². The fourth-order valence-corrected chi connectivity index (χ4v) is 3.69. The standard InChI is InChI=1S/C22H25N3O3/c26-21(20-7-4-16-28-20)23-18-10-8-17(9-11-18)22(27)25-14-12-24(13-15-25)19-5-2-1-3-6-19/h1-3,5-6,8-11,20H,4,7,12-16H2,(H,23,26). The molecule has 2 aromatic carbocycles. The summed E-state index contributed by atoms with van der Waals surface area (Å²) >= 11 is 0. The minimum atomic E-state index is -0.359. The first-order valence-corrected chi connectivity index (χ1v) is 9.82. The Bertz CT molecular complexity index is 809. The average Bonchev–Trinajstić information content (AvgIpc) is 3.30. The van der Waals surface area contributed by atoms with E-state index in [0.717, 1.165) is 25.9 Å². The molecule has 2 amide bonds. The van der Waals surface area contributed by atoms with Crippen LogP contribution in [0.3, 0.4) is 0 Å². The molecule has 2 aromatic rings. The van der Waals surface area contributed by atoms with Gasteiger partial charge in [0.05, 0.1) is 0 Å². The molecular weight excluding hydrogens is 354 g/mol. The lowest BCUT2D eigenvalue weighted by Crippen LogP contribution is -2.48. The maximum absolute atomic E-state index is 12.8. The third-order valence-electron chi connectivity index (χ3n) is 5.31. The molecule has 1 atom stereocenters. The van der Waals surface area contributed by atoms with Crippen molar-refractivity contribution in [2.45, 2.75) is 18.9 Å². The summed E-state index contributed by atoms with van der Waals surface area (Å²) in [6, 6.07) is 17.4. The number of carbonyl (C=O) groups excluding carboxylic acids is 2. The van der Waals surface area contributed by atoms with Gasteiger partial charge in [0.1, 0.15) is 6.10 Å². The summed E-state index contributed by atoms with van der Waals surface area (Å²) in [5.41, 5.74) is 2.52. The molecule has 2 aliphatic heterocycles. The molecule has 4 rings (SSSR count).